The fourth-order valence-corrected chi connectivity index (χ4v) is 1.69. The second-order valence-electron chi connectivity index (χ2n) is 2.92. The lowest BCUT2D eigenvalue weighted by atomic mass is 10.3. The zero-order valence-electron chi connectivity index (χ0n) is 8.24. The number of rotatable bonds is 2. The minimum atomic E-state index is -0.386. The average Bonchev–Trinajstić information content (AvgIpc) is 2.15. The Hall–Kier alpha value is -1.10. The molecular weight excluding hydrogens is 248 g/mol. The van der Waals surface area contributed by atoms with Gasteiger partial charge in [0.1, 0.15) is 5.82 Å². The monoisotopic (exact) mass is 258 g/mol. The van der Waals surface area contributed by atoms with E-state index in [0.717, 1.165) is 10.3 Å². The number of halogens is 1. The Balaban J connectivity index is 3.06. The lowest BCUT2D eigenvalue weighted by Crippen LogP contribution is -2.12. The zero-order valence-corrected chi connectivity index (χ0v) is 9.83. The molecule has 76 valence electrons. The maximum atomic E-state index is 11.2. The molecule has 0 fully saturated rings. The molecule has 0 amide bonds. The van der Waals surface area contributed by atoms with Crippen molar-refractivity contribution < 1.29 is 9.53 Å². The highest BCUT2D eigenvalue weighted by Gasteiger charge is 2.10. The Morgan fingerprint density at radius 3 is 2.64 bits per heavy atom. The predicted octanol–water partition coefficient (Wildman–Crippen LogP) is 1.70. The Bertz CT molecular complexity index is 353. The van der Waals surface area contributed by atoms with Crippen LogP contribution < -0.4 is 4.90 Å². The van der Waals surface area contributed by atoms with Crippen molar-refractivity contribution >= 4 is 27.7 Å². The number of carbonyl (C=O) groups excluding carboxylic acids is 1. The summed E-state index contributed by atoms with van der Waals surface area (Å²) in [7, 11) is 5.10. The van der Waals surface area contributed by atoms with E-state index in [1.54, 1.807) is 6.07 Å². The van der Waals surface area contributed by atoms with E-state index in [1.807, 2.05) is 19.0 Å². The SMILES string of the molecule is COC(=O)c1cnc(N(C)C)c(Br)c1. The van der Waals surface area contributed by atoms with Crippen molar-refractivity contribution in [1.29, 1.82) is 0 Å². The summed E-state index contributed by atoms with van der Waals surface area (Å²) in [6, 6.07) is 1.69. The number of aromatic nitrogens is 1. The van der Waals surface area contributed by atoms with Gasteiger partial charge in [-0.25, -0.2) is 9.78 Å². The smallest absolute Gasteiger partial charge is 0.339 e. The van der Waals surface area contributed by atoms with Gasteiger partial charge in [-0.2, -0.15) is 0 Å². The van der Waals surface area contributed by atoms with E-state index in [-0.39, 0.29) is 5.97 Å². The highest BCUT2D eigenvalue weighted by molar-refractivity contribution is 9.10. The number of nitrogens with zero attached hydrogens (tertiary/aromatic N) is 2. The number of methoxy groups -OCH3 is 1. The molecule has 0 unspecified atom stereocenters. The Morgan fingerprint density at radius 2 is 2.21 bits per heavy atom. The maximum absolute atomic E-state index is 11.2. The molecule has 0 bridgehead atoms. The standard InChI is InChI=1S/C9H11BrN2O2/c1-12(2)8-7(10)4-6(5-11-8)9(13)14-3/h4-5H,1-3H3. The molecule has 1 aromatic rings. The molecule has 4 nitrogen and oxygen atoms in total. The first-order valence-corrected chi connectivity index (χ1v) is 4.76. The number of pyridine rings is 1. The van der Waals surface area contributed by atoms with E-state index in [9.17, 15) is 4.79 Å². The molecule has 0 atom stereocenters. The third-order valence-electron chi connectivity index (χ3n) is 1.67. The molecule has 5 heteroatoms. The predicted molar refractivity (Wildman–Crippen MR) is 57.6 cm³/mol. The van der Waals surface area contributed by atoms with Crippen LogP contribution >= 0.6 is 15.9 Å². The lowest BCUT2D eigenvalue weighted by molar-refractivity contribution is 0.0600. The van der Waals surface area contributed by atoms with Gasteiger partial charge in [-0.05, 0) is 22.0 Å². The molecule has 0 radical (unpaired) electrons. The van der Waals surface area contributed by atoms with Crippen molar-refractivity contribution in [2.45, 2.75) is 0 Å². The number of esters is 1. The second kappa shape index (κ2) is 4.41. The third-order valence-corrected chi connectivity index (χ3v) is 2.25. The van der Waals surface area contributed by atoms with Crippen molar-refractivity contribution in [3.8, 4) is 0 Å². The van der Waals surface area contributed by atoms with E-state index in [1.165, 1.54) is 13.3 Å². The number of anilines is 1. The zero-order chi connectivity index (χ0) is 10.7. The largest absolute Gasteiger partial charge is 0.465 e. The van der Waals surface area contributed by atoms with Crippen LogP contribution in [0, 0.1) is 0 Å². The van der Waals surface area contributed by atoms with Crippen LogP contribution in [0.15, 0.2) is 16.7 Å². The summed E-state index contributed by atoms with van der Waals surface area (Å²) in [5.74, 6) is 0.390. The van der Waals surface area contributed by atoms with Gasteiger partial charge in [-0.15, -0.1) is 0 Å². The van der Waals surface area contributed by atoms with Gasteiger partial charge in [0.15, 0.2) is 0 Å². The molecule has 0 aliphatic carbocycles. The van der Waals surface area contributed by atoms with Gasteiger partial charge in [0.2, 0.25) is 0 Å². The van der Waals surface area contributed by atoms with Crippen molar-refractivity contribution in [1.82, 2.24) is 4.98 Å². The number of carbonyl (C=O) groups is 1. The molecule has 0 spiro atoms. The molecule has 0 aliphatic rings. The molecule has 0 aromatic carbocycles. The summed E-state index contributed by atoms with van der Waals surface area (Å²) in [4.78, 5) is 17.1. The average molecular weight is 259 g/mol. The van der Waals surface area contributed by atoms with Crippen molar-refractivity contribution in [3.63, 3.8) is 0 Å². The summed E-state index contributed by atoms with van der Waals surface area (Å²) in [5.41, 5.74) is 0.435. The van der Waals surface area contributed by atoms with E-state index in [0.29, 0.717) is 5.56 Å². The van der Waals surface area contributed by atoms with E-state index in [4.69, 9.17) is 0 Å². The number of hydrogen-bond acceptors (Lipinski definition) is 4. The van der Waals surface area contributed by atoms with Crippen LogP contribution in [0.5, 0.6) is 0 Å². The molecule has 1 aromatic heterocycles. The van der Waals surface area contributed by atoms with Gasteiger partial charge in [-0.3, -0.25) is 0 Å². The van der Waals surface area contributed by atoms with Crippen LogP contribution in [0.1, 0.15) is 10.4 Å². The molecule has 1 rings (SSSR count). The Kier molecular flexibility index (Phi) is 3.46. The van der Waals surface area contributed by atoms with Crippen molar-refractivity contribution in [2.75, 3.05) is 26.1 Å². The lowest BCUT2D eigenvalue weighted by Gasteiger charge is -2.13. The van der Waals surface area contributed by atoms with Crippen LogP contribution in [-0.2, 0) is 4.74 Å². The first-order valence-electron chi connectivity index (χ1n) is 3.97. The highest BCUT2D eigenvalue weighted by Crippen LogP contribution is 2.22. The third kappa shape index (κ3) is 2.23. The molecule has 0 N–H and O–H groups in total. The van der Waals surface area contributed by atoms with Crippen molar-refractivity contribution in [2.24, 2.45) is 0 Å². The fraction of sp³-hybridized carbons (Fsp3) is 0.333. The van der Waals surface area contributed by atoms with Crippen LogP contribution in [0.4, 0.5) is 5.82 Å². The summed E-state index contributed by atoms with van der Waals surface area (Å²) >= 11 is 3.33. The van der Waals surface area contributed by atoms with Crippen LogP contribution in [0.25, 0.3) is 0 Å². The molecule has 0 saturated heterocycles. The van der Waals surface area contributed by atoms with Gasteiger partial charge in [0, 0.05) is 20.3 Å². The molecular formula is C9H11BrN2O2. The van der Waals surface area contributed by atoms with Crippen LogP contribution in [0.2, 0.25) is 0 Å². The summed E-state index contributed by atoms with van der Waals surface area (Å²) in [6.07, 6.45) is 1.49. The van der Waals surface area contributed by atoms with Crippen molar-refractivity contribution in [3.05, 3.63) is 22.3 Å². The first-order chi connectivity index (χ1) is 6.56. The minimum Gasteiger partial charge on any atom is -0.465 e. The van der Waals surface area contributed by atoms with E-state index in [2.05, 4.69) is 25.7 Å². The molecule has 14 heavy (non-hydrogen) atoms. The van der Waals surface area contributed by atoms with Gasteiger partial charge in [0.05, 0.1) is 17.1 Å². The summed E-state index contributed by atoms with van der Waals surface area (Å²) in [6.45, 7) is 0. The topological polar surface area (TPSA) is 42.4 Å². The minimum absolute atomic E-state index is 0.386. The quantitative estimate of drug-likeness (QED) is 0.758. The second-order valence-corrected chi connectivity index (χ2v) is 3.77. The van der Waals surface area contributed by atoms with E-state index < -0.39 is 0 Å². The first kappa shape index (κ1) is 11.0. The molecule has 1 heterocycles. The van der Waals surface area contributed by atoms with Crippen LogP contribution in [0.3, 0.4) is 0 Å². The van der Waals surface area contributed by atoms with Crippen LogP contribution in [-0.4, -0.2) is 32.2 Å². The van der Waals surface area contributed by atoms with Gasteiger partial charge in [0.25, 0.3) is 0 Å². The molecule has 0 saturated carbocycles. The Labute approximate surface area is 91.0 Å². The number of ether oxygens (including phenoxy) is 1. The van der Waals surface area contributed by atoms with E-state index >= 15 is 0 Å². The Morgan fingerprint density at radius 1 is 1.57 bits per heavy atom. The number of hydrogen-bond donors (Lipinski definition) is 0. The fourth-order valence-electron chi connectivity index (χ4n) is 0.989. The summed E-state index contributed by atoms with van der Waals surface area (Å²) < 4.78 is 5.35. The normalized spacial score (nSPS) is 9.71. The van der Waals surface area contributed by atoms with Gasteiger partial charge in [-0.1, -0.05) is 0 Å². The maximum Gasteiger partial charge on any atom is 0.339 e. The van der Waals surface area contributed by atoms with Gasteiger partial charge >= 0.3 is 5.97 Å². The molecule has 0 aliphatic heterocycles. The highest BCUT2D eigenvalue weighted by atomic mass is 79.9. The van der Waals surface area contributed by atoms with Gasteiger partial charge < -0.3 is 9.64 Å². The summed E-state index contributed by atoms with van der Waals surface area (Å²) in [5, 5.41) is 0.